The van der Waals surface area contributed by atoms with Crippen LogP contribution in [0.4, 0.5) is 10.6 Å². The van der Waals surface area contributed by atoms with Gasteiger partial charge in [-0.2, -0.15) is 0 Å². The quantitative estimate of drug-likeness (QED) is 0.763. The smallest absolute Gasteiger partial charge is 0.318 e. The van der Waals surface area contributed by atoms with Gasteiger partial charge < -0.3 is 15.1 Å². The molecule has 0 spiro atoms. The summed E-state index contributed by atoms with van der Waals surface area (Å²) < 4.78 is 1.77. The van der Waals surface area contributed by atoms with Gasteiger partial charge in [0.05, 0.1) is 16.7 Å². The van der Waals surface area contributed by atoms with Crippen LogP contribution in [0, 0.1) is 6.92 Å². The van der Waals surface area contributed by atoms with Crippen molar-refractivity contribution in [1.82, 2.24) is 29.8 Å². The standard InChI is InChI=1S/C17H21N7OS/c1-12(14-11-26-13(2)20-14)19-17(25)23-9-7-22(8-10-23)16-4-3-15-18-5-6-24(15)21-16/h3-6,11-12H,7-10H2,1-2H3,(H,19,25)/t12-/m1/s1. The number of carbonyl (C=O) groups excluding carboxylic acids is 1. The molecule has 9 heteroatoms. The summed E-state index contributed by atoms with van der Waals surface area (Å²) in [5.41, 5.74) is 1.75. The minimum Gasteiger partial charge on any atom is -0.352 e. The van der Waals surface area contributed by atoms with Gasteiger partial charge in [0.25, 0.3) is 0 Å². The fraction of sp³-hybridized carbons (Fsp3) is 0.412. The predicted molar refractivity (Wildman–Crippen MR) is 101 cm³/mol. The molecule has 1 aliphatic heterocycles. The van der Waals surface area contributed by atoms with Gasteiger partial charge in [0, 0.05) is 44.0 Å². The number of urea groups is 1. The Labute approximate surface area is 155 Å². The molecule has 0 unspecified atom stereocenters. The molecule has 0 saturated carbocycles. The molecule has 0 radical (unpaired) electrons. The normalized spacial score (nSPS) is 16.1. The lowest BCUT2D eigenvalue weighted by Gasteiger charge is -2.35. The molecular formula is C17H21N7OS. The number of fused-ring (bicyclic) bond motifs is 1. The van der Waals surface area contributed by atoms with Crippen molar-refractivity contribution in [3.63, 3.8) is 0 Å². The molecule has 4 heterocycles. The van der Waals surface area contributed by atoms with Crippen LogP contribution in [0.25, 0.3) is 5.65 Å². The maximum absolute atomic E-state index is 12.5. The first-order valence-corrected chi connectivity index (χ1v) is 9.51. The molecule has 0 aromatic carbocycles. The first kappa shape index (κ1) is 16.8. The van der Waals surface area contributed by atoms with Crippen LogP contribution >= 0.6 is 11.3 Å². The highest BCUT2D eigenvalue weighted by atomic mass is 32.1. The van der Waals surface area contributed by atoms with E-state index >= 15 is 0 Å². The SMILES string of the molecule is Cc1nc([C@@H](C)NC(=O)N2CCN(c3ccc4nccn4n3)CC2)cs1. The van der Waals surface area contributed by atoms with Crippen molar-refractivity contribution in [2.24, 2.45) is 0 Å². The van der Waals surface area contributed by atoms with Gasteiger partial charge in [-0.3, -0.25) is 0 Å². The van der Waals surface area contributed by atoms with E-state index in [9.17, 15) is 4.79 Å². The molecule has 3 aromatic heterocycles. The van der Waals surface area contributed by atoms with Crippen LogP contribution in [-0.4, -0.2) is 56.7 Å². The average Bonchev–Trinajstić information content (AvgIpc) is 3.29. The number of rotatable bonds is 3. The van der Waals surface area contributed by atoms with Gasteiger partial charge in [-0.05, 0) is 26.0 Å². The van der Waals surface area contributed by atoms with Gasteiger partial charge in [-0.25, -0.2) is 19.3 Å². The molecule has 2 amide bonds. The zero-order valence-electron chi connectivity index (χ0n) is 14.8. The first-order chi connectivity index (χ1) is 12.6. The molecule has 0 aliphatic carbocycles. The lowest BCUT2D eigenvalue weighted by Crippen LogP contribution is -2.52. The summed E-state index contributed by atoms with van der Waals surface area (Å²) in [6.07, 6.45) is 3.57. The highest BCUT2D eigenvalue weighted by molar-refractivity contribution is 7.09. The highest BCUT2D eigenvalue weighted by Gasteiger charge is 2.23. The van der Waals surface area contributed by atoms with E-state index in [-0.39, 0.29) is 12.1 Å². The number of imidazole rings is 1. The van der Waals surface area contributed by atoms with E-state index in [4.69, 9.17) is 0 Å². The number of piperazine rings is 1. The van der Waals surface area contributed by atoms with Crippen LogP contribution < -0.4 is 10.2 Å². The van der Waals surface area contributed by atoms with Crippen molar-refractivity contribution >= 4 is 28.8 Å². The summed E-state index contributed by atoms with van der Waals surface area (Å²) in [7, 11) is 0. The Bertz CT molecular complexity index is 913. The Hall–Kier alpha value is -2.68. The molecule has 4 rings (SSSR count). The summed E-state index contributed by atoms with van der Waals surface area (Å²) >= 11 is 1.60. The van der Waals surface area contributed by atoms with E-state index in [0.717, 1.165) is 35.3 Å². The third kappa shape index (κ3) is 3.34. The Morgan fingerprint density at radius 3 is 2.81 bits per heavy atom. The van der Waals surface area contributed by atoms with Crippen molar-refractivity contribution in [3.05, 3.63) is 40.6 Å². The van der Waals surface area contributed by atoms with Crippen molar-refractivity contribution in [2.75, 3.05) is 31.1 Å². The Morgan fingerprint density at radius 2 is 2.08 bits per heavy atom. The second-order valence-corrected chi connectivity index (χ2v) is 7.42. The van der Waals surface area contributed by atoms with E-state index in [1.54, 1.807) is 22.0 Å². The van der Waals surface area contributed by atoms with Crippen LogP contribution in [0.5, 0.6) is 0 Å². The van der Waals surface area contributed by atoms with E-state index < -0.39 is 0 Å². The van der Waals surface area contributed by atoms with E-state index in [2.05, 4.69) is 25.3 Å². The number of carbonyl (C=O) groups is 1. The summed E-state index contributed by atoms with van der Waals surface area (Å²) in [5, 5.41) is 10.6. The molecule has 8 nitrogen and oxygen atoms in total. The number of nitrogens with zero attached hydrogens (tertiary/aromatic N) is 6. The molecule has 0 bridgehead atoms. The average molecular weight is 371 g/mol. The van der Waals surface area contributed by atoms with Crippen molar-refractivity contribution in [2.45, 2.75) is 19.9 Å². The zero-order valence-corrected chi connectivity index (χ0v) is 15.6. The van der Waals surface area contributed by atoms with E-state index in [1.807, 2.05) is 42.5 Å². The van der Waals surface area contributed by atoms with Crippen LogP contribution in [0.15, 0.2) is 29.9 Å². The van der Waals surface area contributed by atoms with Gasteiger partial charge in [0.1, 0.15) is 5.82 Å². The predicted octanol–water partition coefficient (Wildman–Crippen LogP) is 2.09. The van der Waals surface area contributed by atoms with Gasteiger partial charge in [-0.15, -0.1) is 16.4 Å². The second-order valence-electron chi connectivity index (χ2n) is 6.36. The molecule has 1 fully saturated rings. The molecule has 136 valence electrons. The number of nitrogens with one attached hydrogen (secondary N) is 1. The zero-order chi connectivity index (χ0) is 18.1. The van der Waals surface area contributed by atoms with Gasteiger partial charge in [0.2, 0.25) is 0 Å². The van der Waals surface area contributed by atoms with Crippen molar-refractivity contribution in [3.8, 4) is 0 Å². The Kier molecular flexibility index (Phi) is 4.46. The van der Waals surface area contributed by atoms with Gasteiger partial charge in [-0.1, -0.05) is 0 Å². The maximum atomic E-state index is 12.5. The lowest BCUT2D eigenvalue weighted by atomic mass is 10.2. The number of aryl methyl sites for hydroxylation is 1. The number of hydrogen-bond donors (Lipinski definition) is 1. The number of amides is 2. The highest BCUT2D eigenvalue weighted by Crippen LogP contribution is 2.17. The van der Waals surface area contributed by atoms with Crippen LogP contribution in [0.1, 0.15) is 23.7 Å². The summed E-state index contributed by atoms with van der Waals surface area (Å²) in [5.74, 6) is 0.905. The molecule has 3 aromatic rings. The molecule has 1 aliphatic rings. The largest absolute Gasteiger partial charge is 0.352 e. The number of anilines is 1. The van der Waals surface area contributed by atoms with Crippen LogP contribution in [-0.2, 0) is 0 Å². The maximum Gasteiger partial charge on any atom is 0.318 e. The Morgan fingerprint density at radius 1 is 1.27 bits per heavy atom. The first-order valence-electron chi connectivity index (χ1n) is 8.63. The fourth-order valence-electron chi connectivity index (χ4n) is 3.04. The van der Waals surface area contributed by atoms with Crippen LogP contribution in [0.3, 0.4) is 0 Å². The Balaban J connectivity index is 1.34. The monoisotopic (exact) mass is 371 g/mol. The van der Waals surface area contributed by atoms with E-state index in [1.165, 1.54) is 0 Å². The second kappa shape index (κ2) is 6.91. The minimum absolute atomic E-state index is 0.0409. The lowest BCUT2D eigenvalue weighted by molar-refractivity contribution is 0.191. The minimum atomic E-state index is -0.0872. The topological polar surface area (TPSA) is 78.7 Å². The molecule has 1 N–H and O–H groups in total. The van der Waals surface area contributed by atoms with Gasteiger partial charge in [0.15, 0.2) is 5.65 Å². The third-order valence-corrected chi connectivity index (χ3v) is 5.34. The van der Waals surface area contributed by atoms with Crippen molar-refractivity contribution in [1.29, 1.82) is 0 Å². The summed E-state index contributed by atoms with van der Waals surface area (Å²) in [6, 6.07) is 3.81. The van der Waals surface area contributed by atoms with Gasteiger partial charge >= 0.3 is 6.03 Å². The van der Waals surface area contributed by atoms with Crippen LogP contribution in [0.2, 0.25) is 0 Å². The molecule has 1 atom stereocenters. The third-order valence-electron chi connectivity index (χ3n) is 4.55. The summed E-state index contributed by atoms with van der Waals surface area (Å²) in [4.78, 5) is 25.2. The number of aromatic nitrogens is 4. The fourth-order valence-corrected chi connectivity index (χ4v) is 3.75. The van der Waals surface area contributed by atoms with E-state index in [0.29, 0.717) is 13.1 Å². The van der Waals surface area contributed by atoms with Crippen molar-refractivity contribution < 1.29 is 4.79 Å². The molecular weight excluding hydrogens is 350 g/mol. The number of hydrogen-bond acceptors (Lipinski definition) is 6. The molecule has 26 heavy (non-hydrogen) atoms. The number of thiazole rings is 1. The molecule has 1 saturated heterocycles. The summed E-state index contributed by atoms with van der Waals surface area (Å²) in [6.45, 7) is 6.77.